The van der Waals surface area contributed by atoms with E-state index in [9.17, 15) is 9.59 Å². The highest BCUT2D eigenvalue weighted by Crippen LogP contribution is 2.27. The minimum atomic E-state index is -0.251. The van der Waals surface area contributed by atoms with E-state index in [-0.39, 0.29) is 18.0 Å². The van der Waals surface area contributed by atoms with E-state index < -0.39 is 0 Å². The molecular formula is C27H35N7O2. The molecule has 0 saturated heterocycles. The number of likely N-dealkylation sites (N-methyl/N-ethyl adjacent to an activating group) is 1. The second-order valence-corrected chi connectivity index (χ2v) is 8.76. The number of amidine groups is 1. The van der Waals surface area contributed by atoms with Crippen LogP contribution < -0.4 is 32.6 Å². The number of carbonyl (C=O) groups excluding carboxylic acids is 2. The third-order valence-electron chi connectivity index (χ3n) is 6.36. The standard InChI is InChI=1S/C27H35N7O2/c1-18(31-27(36)19(2)30-3)14-15-20-8-4-5-13-25(20)34(17-35)16-21-9-6-11-23-22(21)10-7-12-24(23)26(32-28)33-29/h4-13,17-19,30H,14-16,28-29H2,1-3H3,(H,31,36)(H,32,33)/t18?,19-/m0/s1. The highest BCUT2D eigenvalue weighted by molar-refractivity contribution is 6.10. The number of nitrogens with zero attached hydrogens (tertiary/aromatic N) is 2. The molecule has 7 N–H and O–H groups in total. The Bertz CT molecular complexity index is 1230. The lowest BCUT2D eigenvalue weighted by molar-refractivity contribution is -0.123. The van der Waals surface area contributed by atoms with E-state index in [1.807, 2.05) is 74.5 Å². The van der Waals surface area contributed by atoms with Crippen LogP contribution in [0.3, 0.4) is 0 Å². The molecule has 0 heterocycles. The zero-order valence-electron chi connectivity index (χ0n) is 21.0. The van der Waals surface area contributed by atoms with Crippen molar-refractivity contribution in [3.8, 4) is 0 Å². The number of hydrazone groups is 1. The molecule has 9 nitrogen and oxygen atoms in total. The smallest absolute Gasteiger partial charge is 0.237 e. The van der Waals surface area contributed by atoms with E-state index in [1.165, 1.54) is 0 Å². The summed E-state index contributed by atoms with van der Waals surface area (Å²) in [5, 5.41) is 11.6. The number of fused-ring (bicyclic) bond motifs is 1. The number of nitrogens with two attached hydrogens (primary N) is 2. The van der Waals surface area contributed by atoms with Gasteiger partial charge in [-0.15, -0.1) is 0 Å². The third kappa shape index (κ3) is 6.18. The Morgan fingerprint density at radius 1 is 1.03 bits per heavy atom. The summed E-state index contributed by atoms with van der Waals surface area (Å²) in [5.41, 5.74) is 6.18. The first-order valence-corrected chi connectivity index (χ1v) is 12.0. The van der Waals surface area contributed by atoms with Gasteiger partial charge in [-0.2, -0.15) is 5.10 Å². The van der Waals surface area contributed by atoms with Crippen molar-refractivity contribution in [1.29, 1.82) is 0 Å². The highest BCUT2D eigenvalue weighted by Gasteiger charge is 2.17. The molecule has 0 fully saturated rings. The van der Waals surface area contributed by atoms with E-state index in [0.717, 1.165) is 46.0 Å². The lowest BCUT2D eigenvalue weighted by atomic mass is 9.98. The van der Waals surface area contributed by atoms with Crippen LogP contribution in [0.25, 0.3) is 10.8 Å². The third-order valence-corrected chi connectivity index (χ3v) is 6.36. The Morgan fingerprint density at radius 3 is 2.42 bits per heavy atom. The highest BCUT2D eigenvalue weighted by atomic mass is 16.2. The molecule has 3 rings (SSSR count). The maximum atomic E-state index is 12.3. The molecule has 2 amide bonds. The minimum absolute atomic E-state index is 0.00270. The van der Waals surface area contributed by atoms with Crippen molar-refractivity contribution in [2.45, 2.75) is 45.3 Å². The van der Waals surface area contributed by atoms with Crippen molar-refractivity contribution < 1.29 is 9.59 Å². The van der Waals surface area contributed by atoms with Gasteiger partial charge in [0.05, 0.1) is 12.6 Å². The maximum absolute atomic E-state index is 12.3. The first-order chi connectivity index (χ1) is 17.4. The lowest BCUT2D eigenvalue weighted by Crippen LogP contribution is -2.44. The molecule has 0 aliphatic carbocycles. The summed E-state index contributed by atoms with van der Waals surface area (Å²) >= 11 is 0. The fraction of sp³-hybridized carbons (Fsp3) is 0.296. The van der Waals surface area contributed by atoms with E-state index in [1.54, 1.807) is 11.9 Å². The second-order valence-electron chi connectivity index (χ2n) is 8.76. The van der Waals surface area contributed by atoms with Gasteiger partial charge in [0, 0.05) is 17.3 Å². The predicted octanol–water partition coefficient (Wildman–Crippen LogP) is 2.13. The summed E-state index contributed by atoms with van der Waals surface area (Å²) in [7, 11) is 1.76. The van der Waals surface area contributed by atoms with Crippen molar-refractivity contribution in [2.24, 2.45) is 16.8 Å². The zero-order chi connectivity index (χ0) is 26.1. The monoisotopic (exact) mass is 489 g/mol. The van der Waals surface area contributed by atoms with Crippen LogP contribution >= 0.6 is 0 Å². The van der Waals surface area contributed by atoms with Gasteiger partial charge in [-0.25, -0.2) is 5.84 Å². The van der Waals surface area contributed by atoms with Gasteiger partial charge in [0.1, 0.15) is 0 Å². The van der Waals surface area contributed by atoms with Crippen LogP contribution in [0.5, 0.6) is 0 Å². The maximum Gasteiger partial charge on any atom is 0.237 e. The largest absolute Gasteiger partial charge is 0.352 e. The van der Waals surface area contributed by atoms with Gasteiger partial charge < -0.3 is 26.8 Å². The number of hydrogen-bond donors (Lipinski definition) is 5. The number of benzene rings is 3. The van der Waals surface area contributed by atoms with Crippen LogP contribution in [0.1, 0.15) is 37.0 Å². The van der Waals surface area contributed by atoms with Gasteiger partial charge in [0.15, 0.2) is 5.84 Å². The number of rotatable bonds is 11. The zero-order valence-corrected chi connectivity index (χ0v) is 21.0. The summed E-state index contributed by atoms with van der Waals surface area (Å²) in [5.74, 6) is 11.4. The molecule has 9 heteroatoms. The average molecular weight is 490 g/mol. The van der Waals surface area contributed by atoms with Crippen LogP contribution in [0.2, 0.25) is 0 Å². The number of hydrazine groups is 1. The van der Waals surface area contributed by atoms with E-state index in [2.05, 4.69) is 21.2 Å². The second kappa shape index (κ2) is 12.7. The lowest BCUT2D eigenvalue weighted by Gasteiger charge is -2.23. The summed E-state index contributed by atoms with van der Waals surface area (Å²) in [4.78, 5) is 26.1. The number of hydrogen-bond acceptors (Lipinski definition) is 6. The molecular weight excluding hydrogens is 454 g/mol. The summed E-state index contributed by atoms with van der Waals surface area (Å²) in [6, 6.07) is 19.3. The van der Waals surface area contributed by atoms with Gasteiger partial charge in [-0.05, 0) is 61.7 Å². The molecule has 2 atom stereocenters. The van der Waals surface area contributed by atoms with E-state index in [4.69, 9.17) is 11.7 Å². The molecule has 0 aromatic heterocycles. The average Bonchev–Trinajstić information content (AvgIpc) is 2.91. The van der Waals surface area contributed by atoms with Gasteiger partial charge >= 0.3 is 0 Å². The molecule has 0 aliphatic rings. The summed E-state index contributed by atoms with van der Waals surface area (Å²) in [6.45, 7) is 4.20. The Morgan fingerprint density at radius 2 is 1.72 bits per heavy atom. The van der Waals surface area contributed by atoms with Gasteiger partial charge in [-0.1, -0.05) is 54.6 Å². The quantitative estimate of drug-likeness (QED) is 0.0920. The molecule has 36 heavy (non-hydrogen) atoms. The van der Waals surface area contributed by atoms with Crippen molar-refractivity contribution >= 4 is 34.6 Å². The van der Waals surface area contributed by atoms with Crippen LogP contribution in [-0.2, 0) is 22.6 Å². The fourth-order valence-corrected chi connectivity index (χ4v) is 4.21. The Hall–Kier alpha value is -3.95. The van der Waals surface area contributed by atoms with Crippen molar-refractivity contribution in [2.75, 3.05) is 11.9 Å². The number of aryl methyl sites for hydroxylation is 1. The van der Waals surface area contributed by atoms with Crippen LogP contribution in [0.15, 0.2) is 65.8 Å². The van der Waals surface area contributed by atoms with Gasteiger partial charge in [-0.3, -0.25) is 9.59 Å². The van der Waals surface area contributed by atoms with Crippen molar-refractivity contribution in [3.63, 3.8) is 0 Å². The number of amides is 2. The number of anilines is 1. The van der Waals surface area contributed by atoms with Crippen LogP contribution in [-0.4, -0.2) is 37.3 Å². The van der Waals surface area contributed by atoms with Crippen LogP contribution in [0, 0.1) is 0 Å². The number of para-hydroxylation sites is 1. The minimum Gasteiger partial charge on any atom is -0.352 e. The van der Waals surface area contributed by atoms with Crippen LogP contribution in [0.4, 0.5) is 5.69 Å². The predicted molar refractivity (Wildman–Crippen MR) is 145 cm³/mol. The van der Waals surface area contributed by atoms with Crippen molar-refractivity contribution in [1.82, 2.24) is 16.1 Å². The molecule has 190 valence electrons. The number of carbonyl (C=O) groups is 2. The SMILES string of the molecule is CN[C@@H](C)C(=O)NC(C)CCc1ccccc1N(C=O)Cc1cccc2c(/C(=N/N)NN)cccc12. The molecule has 1 unspecified atom stereocenters. The Balaban J connectivity index is 1.84. The normalized spacial score (nSPS) is 13.2. The van der Waals surface area contributed by atoms with E-state index in [0.29, 0.717) is 18.8 Å². The molecule has 0 radical (unpaired) electrons. The van der Waals surface area contributed by atoms with Gasteiger partial charge in [0.2, 0.25) is 12.3 Å². The van der Waals surface area contributed by atoms with Crippen molar-refractivity contribution in [3.05, 3.63) is 77.4 Å². The Kier molecular flexibility index (Phi) is 9.38. The number of nitrogens with one attached hydrogen (secondary N) is 3. The molecule has 0 spiro atoms. The fourth-order valence-electron chi connectivity index (χ4n) is 4.21. The summed E-state index contributed by atoms with van der Waals surface area (Å²) < 4.78 is 0. The molecule has 3 aromatic rings. The van der Waals surface area contributed by atoms with Gasteiger partial charge in [0.25, 0.3) is 0 Å². The first-order valence-electron chi connectivity index (χ1n) is 12.0. The molecule has 3 aromatic carbocycles. The topological polar surface area (TPSA) is 138 Å². The molecule has 0 aliphatic heterocycles. The first kappa shape index (κ1) is 26.7. The van der Waals surface area contributed by atoms with E-state index >= 15 is 0 Å². The molecule has 0 bridgehead atoms. The Labute approximate surface area is 211 Å². The molecule has 0 saturated carbocycles. The summed E-state index contributed by atoms with van der Waals surface area (Å²) in [6.07, 6.45) is 2.32.